The van der Waals surface area contributed by atoms with Gasteiger partial charge in [0.05, 0.1) is 14.2 Å². The second-order valence-corrected chi connectivity index (χ2v) is 2.59. The van der Waals surface area contributed by atoms with Crippen LogP contribution in [0.2, 0.25) is 0 Å². The molecule has 0 saturated heterocycles. The molecule has 0 unspecified atom stereocenters. The molecule has 0 aliphatic heterocycles. The van der Waals surface area contributed by atoms with Gasteiger partial charge in [-0.05, 0) is 19.1 Å². The lowest BCUT2D eigenvalue weighted by Gasteiger charge is -2.03. The van der Waals surface area contributed by atoms with Crippen LogP contribution in [-0.2, 0) is 14.3 Å². The summed E-state index contributed by atoms with van der Waals surface area (Å²) in [5.74, 6) is 1.04. The molecule has 4 nitrogen and oxygen atoms in total. The van der Waals surface area contributed by atoms with E-state index in [4.69, 9.17) is 9.47 Å². The van der Waals surface area contributed by atoms with E-state index in [1.54, 1.807) is 32.4 Å². The average molecular weight is 211 g/mol. The Hall–Kier alpha value is -1.71. The van der Waals surface area contributed by atoms with Crippen LogP contribution in [0.15, 0.2) is 35.8 Å². The van der Waals surface area contributed by atoms with Gasteiger partial charge in [-0.15, -0.1) is 0 Å². The van der Waals surface area contributed by atoms with Crippen molar-refractivity contribution < 1.29 is 14.3 Å². The zero-order chi connectivity index (χ0) is 11.7. The van der Waals surface area contributed by atoms with Gasteiger partial charge in [0.15, 0.2) is 0 Å². The van der Waals surface area contributed by atoms with Gasteiger partial charge in [0.25, 0.3) is 0 Å². The Morgan fingerprint density at radius 1 is 1.13 bits per heavy atom. The number of hydrogen-bond donors (Lipinski definition) is 1. The lowest BCUT2D eigenvalue weighted by atomic mass is 10.3. The number of hydrogen-bond acceptors (Lipinski definition) is 3. The SMILES string of the molecule is C\C=C(/C=C(\C=C\C(=O)NC)OC)OC. The van der Waals surface area contributed by atoms with Crippen molar-refractivity contribution in [2.45, 2.75) is 6.92 Å². The predicted octanol–water partition coefficient (Wildman–Crippen LogP) is 1.37. The highest BCUT2D eigenvalue weighted by atomic mass is 16.5. The average Bonchev–Trinajstić information content (AvgIpc) is 2.29. The predicted molar refractivity (Wildman–Crippen MR) is 59.1 cm³/mol. The molecule has 0 fully saturated rings. The summed E-state index contributed by atoms with van der Waals surface area (Å²) in [5, 5.41) is 2.47. The van der Waals surface area contributed by atoms with Crippen LogP contribution < -0.4 is 5.32 Å². The Morgan fingerprint density at radius 2 is 1.73 bits per heavy atom. The molecular formula is C11H17NO3. The van der Waals surface area contributed by atoms with E-state index in [1.165, 1.54) is 13.2 Å². The molecule has 0 aliphatic rings. The number of nitrogens with one attached hydrogen (secondary N) is 1. The van der Waals surface area contributed by atoms with Crippen LogP contribution in [0.4, 0.5) is 0 Å². The molecule has 84 valence electrons. The smallest absolute Gasteiger partial charge is 0.243 e. The van der Waals surface area contributed by atoms with Gasteiger partial charge in [-0.1, -0.05) is 0 Å². The van der Waals surface area contributed by atoms with Gasteiger partial charge < -0.3 is 14.8 Å². The molecule has 0 atom stereocenters. The van der Waals surface area contributed by atoms with Gasteiger partial charge in [0.2, 0.25) is 5.91 Å². The van der Waals surface area contributed by atoms with Crippen LogP contribution in [-0.4, -0.2) is 27.2 Å². The van der Waals surface area contributed by atoms with Crippen LogP contribution in [0, 0.1) is 0 Å². The Kier molecular flexibility index (Phi) is 6.80. The van der Waals surface area contributed by atoms with Gasteiger partial charge in [0, 0.05) is 19.2 Å². The Morgan fingerprint density at radius 3 is 2.13 bits per heavy atom. The van der Waals surface area contributed by atoms with E-state index in [9.17, 15) is 4.79 Å². The third-order valence-electron chi connectivity index (χ3n) is 1.69. The molecule has 15 heavy (non-hydrogen) atoms. The third kappa shape index (κ3) is 5.57. The summed E-state index contributed by atoms with van der Waals surface area (Å²) in [7, 11) is 4.67. The molecule has 0 aromatic heterocycles. The summed E-state index contributed by atoms with van der Waals surface area (Å²) in [6.07, 6.45) is 6.45. The quantitative estimate of drug-likeness (QED) is 0.424. The highest BCUT2D eigenvalue weighted by molar-refractivity contribution is 5.87. The number of carbonyl (C=O) groups is 1. The number of ether oxygens (including phenoxy) is 2. The standard InChI is InChI=1S/C11H17NO3/c1-5-9(14-3)8-10(15-4)6-7-11(13)12-2/h5-8H,1-4H3,(H,12,13)/b7-6+,9-5+,10-8+. The van der Waals surface area contributed by atoms with Crippen molar-refractivity contribution >= 4 is 5.91 Å². The van der Waals surface area contributed by atoms with E-state index in [-0.39, 0.29) is 5.91 Å². The number of rotatable bonds is 5. The van der Waals surface area contributed by atoms with E-state index in [1.807, 2.05) is 6.92 Å². The molecule has 1 amide bonds. The van der Waals surface area contributed by atoms with Gasteiger partial charge in [-0.25, -0.2) is 0 Å². The molecule has 0 bridgehead atoms. The van der Waals surface area contributed by atoms with Crippen LogP contribution in [0.3, 0.4) is 0 Å². The largest absolute Gasteiger partial charge is 0.497 e. The molecule has 0 heterocycles. The van der Waals surface area contributed by atoms with Crippen LogP contribution in [0.5, 0.6) is 0 Å². The van der Waals surface area contributed by atoms with Gasteiger partial charge in [-0.2, -0.15) is 0 Å². The summed E-state index contributed by atoms with van der Waals surface area (Å²) in [4.78, 5) is 10.9. The molecule has 0 rings (SSSR count). The minimum atomic E-state index is -0.183. The number of likely N-dealkylation sites (N-methyl/N-ethyl adjacent to an activating group) is 1. The topological polar surface area (TPSA) is 47.6 Å². The van der Waals surface area contributed by atoms with Crippen molar-refractivity contribution in [3.63, 3.8) is 0 Å². The highest BCUT2D eigenvalue weighted by Crippen LogP contribution is 2.05. The van der Waals surface area contributed by atoms with Crippen LogP contribution >= 0.6 is 0 Å². The lowest BCUT2D eigenvalue weighted by molar-refractivity contribution is -0.116. The summed E-state index contributed by atoms with van der Waals surface area (Å²) < 4.78 is 10.1. The number of allylic oxidation sites excluding steroid dienone is 3. The fourth-order valence-corrected chi connectivity index (χ4v) is 0.817. The molecule has 0 radical (unpaired) electrons. The van der Waals surface area contributed by atoms with Crippen molar-refractivity contribution in [3.05, 3.63) is 35.8 Å². The maximum atomic E-state index is 10.9. The van der Waals surface area contributed by atoms with Gasteiger partial charge in [0.1, 0.15) is 11.5 Å². The number of methoxy groups -OCH3 is 2. The van der Waals surface area contributed by atoms with E-state index >= 15 is 0 Å². The van der Waals surface area contributed by atoms with Crippen molar-refractivity contribution in [3.8, 4) is 0 Å². The van der Waals surface area contributed by atoms with Gasteiger partial charge >= 0.3 is 0 Å². The first-order valence-corrected chi connectivity index (χ1v) is 4.53. The summed E-state index contributed by atoms with van der Waals surface area (Å²) in [5.41, 5.74) is 0. The maximum Gasteiger partial charge on any atom is 0.243 e. The molecule has 0 aromatic carbocycles. The van der Waals surface area contributed by atoms with Crippen molar-refractivity contribution in [2.75, 3.05) is 21.3 Å². The molecule has 0 aliphatic carbocycles. The zero-order valence-corrected chi connectivity index (χ0v) is 9.53. The summed E-state index contributed by atoms with van der Waals surface area (Å²) in [6.45, 7) is 1.85. The first-order valence-electron chi connectivity index (χ1n) is 4.53. The Balaban J connectivity index is 4.62. The second kappa shape index (κ2) is 7.67. The number of amides is 1. The maximum absolute atomic E-state index is 10.9. The van der Waals surface area contributed by atoms with E-state index in [0.29, 0.717) is 11.5 Å². The summed E-state index contributed by atoms with van der Waals surface area (Å²) >= 11 is 0. The molecule has 0 spiro atoms. The minimum Gasteiger partial charge on any atom is -0.497 e. The van der Waals surface area contributed by atoms with E-state index in [0.717, 1.165) is 0 Å². The summed E-state index contributed by atoms with van der Waals surface area (Å²) in [6, 6.07) is 0. The Bertz CT molecular complexity index is 290. The minimum absolute atomic E-state index is 0.183. The van der Waals surface area contributed by atoms with Crippen molar-refractivity contribution in [1.82, 2.24) is 5.32 Å². The molecular weight excluding hydrogens is 194 g/mol. The molecule has 0 aromatic rings. The fourth-order valence-electron chi connectivity index (χ4n) is 0.817. The zero-order valence-electron chi connectivity index (χ0n) is 9.53. The normalized spacial score (nSPS) is 12.8. The van der Waals surface area contributed by atoms with Crippen molar-refractivity contribution in [2.24, 2.45) is 0 Å². The van der Waals surface area contributed by atoms with Gasteiger partial charge in [-0.3, -0.25) is 4.79 Å². The fraction of sp³-hybridized carbons (Fsp3) is 0.364. The second-order valence-electron chi connectivity index (χ2n) is 2.59. The van der Waals surface area contributed by atoms with Crippen LogP contribution in [0.25, 0.3) is 0 Å². The van der Waals surface area contributed by atoms with E-state index in [2.05, 4.69) is 5.32 Å². The highest BCUT2D eigenvalue weighted by Gasteiger charge is 1.95. The first kappa shape index (κ1) is 13.3. The van der Waals surface area contributed by atoms with E-state index < -0.39 is 0 Å². The first-order chi connectivity index (χ1) is 7.17. The molecule has 4 heteroatoms. The monoisotopic (exact) mass is 211 g/mol. The Labute approximate surface area is 90.3 Å². The van der Waals surface area contributed by atoms with Crippen molar-refractivity contribution in [1.29, 1.82) is 0 Å². The molecule has 1 N–H and O–H groups in total. The molecule has 0 saturated carbocycles. The van der Waals surface area contributed by atoms with Crippen LogP contribution in [0.1, 0.15) is 6.92 Å². The number of carbonyl (C=O) groups excluding carboxylic acids is 1. The lowest BCUT2D eigenvalue weighted by Crippen LogP contribution is -2.14. The third-order valence-corrected chi connectivity index (χ3v) is 1.69.